The highest BCUT2D eigenvalue weighted by molar-refractivity contribution is 5.98. The van der Waals surface area contributed by atoms with E-state index in [0.717, 1.165) is 5.56 Å². The van der Waals surface area contributed by atoms with Crippen molar-refractivity contribution in [2.24, 2.45) is 0 Å². The van der Waals surface area contributed by atoms with Crippen LogP contribution in [-0.2, 0) is 4.79 Å². The SMILES string of the molecule is Cc1cc(-c2nc[nH]n2)c(F)cc1-c1cnc2c(n1)NC(=O)CN2. The van der Waals surface area contributed by atoms with E-state index in [2.05, 4.69) is 35.8 Å². The molecule has 0 fully saturated rings. The number of amides is 1. The number of aryl methyl sites for hydroxylation is 1. The second kappa shape index (κ2) is 5.37. The minimum absolute atomic E-state index is 0.153. The van der Waals surface area contributed by atoms with Crippen LogP contribution in [0, 0.1) is 12.7 Å². The molecular weight excluding hydrogens is 313 g/mol. The molecule has 9 heteroatoms. The number of halogens is 1. The van der Waals surface area contributed by atoms with E-state index in [1.165, 1.54) is 18.6 Å². The molecule has 4 rings (SSSR count). The van der Waals surface area contributed by atoms with Crippen molar-refractivity contribution >= 4 is 17.5 Å². The first-order valence-corrected chi connectivity index (χ1v) is 7.19. The van der Waals surface area contributed by atoms with Gasteiger partial charge in [0.05, 0.1) is 24.0 Å². The second-order valence-electron chi connectivity index (χ2n) is 5.32. The van der Waals surface area contributed by atoms with E-state index in [1.54, 1.807) is 6.07 Å². The van der Waals surface area contributed by atoms with Crippen molar-refractivity contribution in [3.8, 4) is 22.6 Å². The van der Waals surface area contributed by atoms with E-state index >= 15 is 0 Å². The topological polar surface area (TPSA) is 108 Å². The van der Waals surface area contributed by atoms with Crippen LogP contribution >= 0.6 is 0 Å². The van der Waals surface area contributed by atoms with Crippen LogP contribution < -0.4 is 10.6 Å². The van der Waals surface area contributed by atoms with E-state index < -0.39 is 5.82 Å². The third-order valence-electron chi connectivity index (χ3n) is 3.69. The van der Waals surface area contributed by atoms with E-state index in [0.29, 0.717) is 28.5 Å². The number of rotatable bonds is 2. The van der Waals surface area contributed by atoms with Gasteiger partial charge in [-0.15, -0.1) is 0 Å². The number of anilines is 2. The predicted molar refractivity (Wildman–Crippen MR) is 84.7 cm³/mol. The smallest absolute Gasteiger partial charge is 0.244 e. The number of nitrogens with one attached hydrogen (secondary N) is 3. The first-order chi connectivity index (χ1) is 11.6. The molecule has 3 N–H and O–H groups in total. The first kappa shape index (κ1) is 14.2. The minimum atomic E-state index is -0.461. The highest BCUT2D eigenvalue weighted by Crippen LogP contribution is 2.30. The zero-order valence-electron chi connectivity index (χ0n) is 12.6. The Morgan fingerprint density at radius 2 is 2.04 bits per heavy atom. The highest BCUT2D eigenvalue weighted by atomic mass is 19.1. The molecule has 3 aromatic rings. The Hall–Kier alpha value is -3.36. The summed E-state index contributed by atoms with van der Waals surface area (Å²) in [6, 6.07) is 3.03. The largest absolute Gasteiger partial charge is 0.358 e. The first-order valence-electron chi connectivity index (χ1n) is 7.19. The standard InChI is InChI=1S/C15H12FN7O/c1-7-2-9(13-19-6-20-23-13)10(16)3-8(7)11-4-17-14-15(21-11)22-12(24)5-18-14/h2-4,6H,5H2,1H3,(H,17,18)(H,19,20,23)(H,21,22,24). The van der Waals surface area contributed by atoms with Crippen molar-refractivity contribution in [1.29, 1.82) is 0 Å². The van der Waals surface area contributed by atoms with Gasteiger partial charge in [0, 0.05) is 5.56 Å². The molecule has 0 radical (unpaired) electrons. The molecule has 8 nitrogen and oxygen atoms in total. The van der Waals surface area contributed by atoms with Gasteiger partial charge in [-0.1, -0.05) is 0 Å². The van der Waals surface area contributed by atoms with Gasteiger partial charge in [0.1, 0.15) is 12.1 Å². The van der Waals surface area contributed by atoms with Crippen LogP contribution in [0.4, 0.5) is 16.0 Å². The molecule has 1 aliphatic heterocycles. The van der Waals surface area contributed by atoms with E-state index in [-0.39, 0.29) is 18.3 Å². The zero-order valence-corrected chi connectivity index (χ0v) is 12.6. The lowest BCUT2D eigenvalue weighted by molar-refractivity contribution is -0.114. The van der Waals surface area contributed by atoms with Crippen molar-refractivity contribution in [2.75, 3.05) is 17.2 Å². The molecule has 0 saturated heterocycles. The average Bonchev–Trinajstić information content (AvgIpc) is 3.10. The summed E-state index contributed by atoms with van der Waals surface area (Å²) >= 11 is 0. The maximum atomic E-state index is 14.5. The lowest BCUT2D eigenvalue weighted by atomic mass is 10.0. The molecule has 0 atom stereocenters. The van der Waals surface area contributed by atoms with Gasteiger partial charge >= 0.3 is 0 Å². The molecule has 120 valence electrons. The van der Waals surface area contributed by atoms with Gasteiger partial charge in [-0.2, -0.15) is 5.10 Å². The van der Waals surface area contributed by atoms with E-state index in [1.807, 2.05) is 6.92 Å². The summed E-state index contributed by atoms with van der Waals surface area (Å²) in [4.78, 5) is 24.0. The fourth-order valence-electron chi connectivity index (χ4n) is 2.54. The number of aromatic nitrogens is 5. The number of fused-ring (bicyclic) bond motifs is 1. The van der Waals surface area contributed by atoms with E-state index in [9.17, 15) is 9.18 Å². The number of hydrogen-bond acceptors (Lipinski definition) is 6. The highest BCUT2D eigenvalue weighted by Gasteiger charge is 2.19. The molecule has 24 heavy (non-hydrogen) atoms. The second-order valence-corrected chi connectivity index (χ2v) is 5.32. The van der Waals surface area contributed by atoms with Crippen LogP contribution in [-0.4, -0.2) is 37.6 Å². The van der Waals surface area contributed by atoms with Gasteiger partial charge in [-0.05, 0) is 24.6 Å². The Morgan fingerprint density at radius 3 is 2.83 bits per heavy atom. The summed E-state index contributed by atoms with van der Waals surface area (Å²) in [5, 5.41) is 12.0. The molecule has 3 heterocycles. The van der Waals surface area contributed by atoms with Crippen LogP contribution in [0.2, 0.25) is 0 Å². The third kappa shape index (κ3) is 2.35. The van der Waals surface area contributed by atoms with Crippen LogP contribution in [0.3, 0.4) is 0 Å². The quantitative estimate of drug-likeness (QED) is 0.662. The Kier molecular flexibility index (Phi) is 3.19. The van der Waals surface area contributed by atoms with Gasteiger partial charge in [-0.3, -0.25) is 9.89 Å². The van der Waals surface area contributed by atoms with Gasteiger partial charge in [-0.25, -0.2) is 19.3 Å². The molecule has 1 aromatic carbocycles. The number of carbonyl (C=O) groups excluding carboxylic acids is 1. The molecule has 0 saturated carbocycles. The molecule has 0 bridgehead atoms. The van der Waals surface area contributed by atoms with Crippen molar-refractivity contribution in [3.05, 3.63) is 36.0 Å². The summed E-state index contributed by atoms with van der Waals surface area (Å²) in [7, 11) is 0. The molecule has 1 amide bonds. The predicted octanol–water partition coefficient (Wildman–Crippen LogP) is 1.74. The Morgan fingerprint density at radius 1 is 1.17 bits per heavy atom. The summed E-state index contributed by atoms with van der Waals surface area (Å²) in [5.41, 5.74) is 2.15. The molecule has 0 aliphatic carbocycles. The van der Waals surface area contributed by atoms with Crippen LogP contribution in [0.1, 0.15) is 5.56 Å². The molecular formula is C15H12FN7O. The lowest BCUT2D eigenvalue weighted by Crippen LogP contribution is -2.28. The fraction of sp³-hybridized carbons (Fsp3) is 0.133. The van der Waals surface area contributed by atoms with Crippen LogP contribution in [0.5, 0.6) is 0 Å². The number of benzene rings is 1. The summed E-state index contributed by atoms with van der Waals surface area (Å²) in [6.45, 7) is 1.99. The Bertz CT molecular complexity index is 939. The molecule has 0 unspecified atom stereocenters. The molecule has 0 spiro atoms. The minimum Gasteiger partial charge on any atom is -0.358 e. The number of aromatic amines is 1. The van der Waals surface area contributed by atoms with E-state index in [4.69, 9.17) is 0 Å². The Balaban J connectivity index is 1.79. The fourth-order valence-corrected chi connectivity index (χ4v) is 2.54. The summed E-state index contributed by atoms with van der Waals surface area (Å²) < 4.78 is 14.5. The van der Waals surface area contributed by atoms with Gasteiger partial charge in [0.15, 0.2) is 17.5 Å². The van der Waals surface area contributed by atoms with Crippen molar-refractivity contribution < 1.29 is 9.18 Å². The number of carbonyl (C=O) groups is 1. The van der Waals surface area contributed by atoms with Gasteiger partial charge < -0.3 is 10.6 Å². The average molecular weight is 325 g/mol. The maximum absolute atomic E-state index is 14.5. The van der Waals surface area contributed by atoms with Crippen molar-refractivity contribution in [1.82, 2.24) is 25.1 Å². The van der Waals surface area contributed by atoms with Crippen molar-refractivity contribution in [3.63, 3.8) is 0 Å². The number of hydrogen-bond donors (Lipinski definition) is 3. The molecule has 1 aliphatic rings. The lowest BCUT2D eigenvalue weighted by Gasteiger charge is -2.17. The van der Waals surface area contributed by atoms with Gasteiger partial charge in [0.25, 0.3) is 0 Å². The van der Waals surface area contributed by atoms with Crippen LogP contribution in [0.15, 0.2) is 24.7 Å². The summed E-state index contributed by atoms with van der Waals surface area (Å²) in [6.07, 6.45) is 2.93. The number of H-pyrrole nitrogens is 1. The molecule has 2 aromatic heterocycles. The maximum Gasteiger partial charge on any atom is 0.244 e. The number of nitrogens with zero attached hydrogens (tertiary/aromatic N) is 4. The summed E-state index contributed by atoms with van der Waals surface area (Å²) in [5.74, 6) is 0.458. The monoisotopic (exact) mass is 325 g/mol. The van der Waals surface area contributed by atoms with Crippen LogP contribution in [0.25, 0.3) is 22.6 Å². The van der Waals surface area contributed by atoms with Crippen molar-refractivity contribution in [2.45, 2.75) is 6.92 Å². The third-order valence-corrected chi connectivity index (χ3v) is 3.69. The van der Waals surface area contributed by atoms with Gasteiger partial charge in [0.2, 0.25) is 5.91 Å². The Labute approximate surface area is 135 Å². The zero-order chi connectivity index (χ0) is 16.7. The normalized spacial score (nSPS) is 13.2.